The standard InChI is InChI=1S/C28H26F4N4O/c1-17-6-5-9-23(29)25(17)35-12-10-19(11-13-35)21-14-24-26(33-15-18(2)34-24)36(27(21)37)16-20-7-3-4-8-22(20)28(30,31)32/h3-9,14-15,19H,10-13,16H2,1-2H3. The van der Waals surface area contributed by atoms with Crippen LogP contribution in [0.4, 0.5) is 23.2 Å². The fourth-order valence-corrected chi connectivity index (χ4v) is 5.24. The molecular weight excluding hydrogens is 484 g/mol. The number of para-hydroxylation sites is 1. The highest BCUT2D eigenvalue weighted by Crippen LogP contribution is 2.34. The van der Waals surface area contributed by atoms with Gasteiger partial charge in [0.25, 0.3) is 5.56 Å². The highest BCUT2D eigenvalue weighted by atomic mass is 19.4. The van der Waals surface area contributed by atoms with Crippen molar-refractivity contribution in [1.29, 1.82) is 0 Å². The average molecular weight is 511 g/mol. The third kappa shape index (κ3) is 4.82. The van der Waals surface area contributed by atoms with Gasteiger partial charge in [-0.1, -0.05) is 30.3 Å². The first-order chi connectivity index (χ1) is 17.6. The Morgan fingerprint density at radius 1 is 1.03 bits per heavy atom. The second-order valence-corrected chi connectivity index (χ2v) is 9.53. The molecule has 192 valence electrons. The van der Waals surface area contributed by atoms with Gasteiger partial charge >= 0.3 is 6.18 Å². The van der Waals surface area contributed by atoms with Crippen LogP contribution in [0.15, 0.2) is 59.5 Å². The predicted molar refractivity (Wildman–Crippen MR) is 134 cm³/mol. The molecule has 9 heteroatoms. The van der Waals surface area contributed by atoms with Crippen LogP contribution in [-0.2, 0) is 12.7 Å². The summed E-state index contributed by atoms with van der Waals surface area (Å²) in [6.07, 6.45) is -1.84. The van der Waals surface area contributed by atoms with Gasteiger partial charge in [-0.3, -0.25) is 9.36 Å². The molecule has 5 rings (SSSR count). The summed E-state index contributed by atoms with van der Waals surface area (Å²) in [5, 5.41) is 0. The summed E-state index contributed by atoms with van der Waals surface area (Å²) in [5.74, 6) is -0.410. The second-order valence-electron chi connectivity index (χ2n) is 9.53. The Morgan fingerprint density at radius 3 is 2.46 bits per heavy atom. The van der Waals surface area contributed by atoms with Crippen LogP contribution in [0.5, 0.6) is 0 Å². The normalized spacial score (nSPS) is 14.9. The number of piperidine rings is 1. The smallest absolute Gasteiger partial charge is 0.369 e. The highest BCUT2D eigenvalue weighted by molar-refractivity contribution is 5.71. The van der Waals surface area contributed by atoms with Crippen molar-refractivity contribution >= 4 is 16.9 Å². The molecule has 2 aromatic heterocycles. The van der Waals surface area contributed by atoms with Crippen LogP contribution in [0.2, 0.25) is 0 Å². The molecule has 3 heterocycles. The molecule has 0 spiro atoms. The number of pyridine rings is 1. The van der Waals surface area contributed by atoms with Crippen LogP contribution >= 0.6 is 0 Å². The van der Waals surface area contributed by atoms with Gasteiger partial charge in [0.15, 0.2) is 5.65 Å². The minimum absolute atomic E-state index is 0.0113. The Hall–Kier alpha value is -3.75. The summed E-state index contributed by atoms with van der Waals surface area (Å²) in [6.45, 7) is 4.48. The summed E-state index contributed by atoms with van der Waals surface area (Å²) in [4.78, 5) is 24.6. The number of aromatic nitrogens is 3. The lowest BCUT2D eigenvalue weighted by Crippen LogP contribution is -2.36. The number of aryl methyl sites for hydroxylation is 2. The van der Waals surface area contributed by atoms with Crippen LogP contribution < -0.4 is 10.5 Å². The van der Waals surface area contributed by atoms with E-state index < -0.39 is 11.7 Å². The molecule has 0 aliphatic carbocycles. The molecule has 0 unspecified atom stereocenters. The van der Waals surface area contributed by atoms with E-state index in [4.69, 9.17) is 0 Å². The molecule has 1 saturated heterocycles. The predicted octanol–water partition coefficient (Wildman–Crippen LogP) is 6.00. The topological polar surface area (TPSA) is 51.0 Å². The van der Waals surface area contributed by atoms with Crippen molar-refractivity contribution in [2.24, 2.45) is 0 Å². The monoisotopic (exact) mass is 510 g/mol. The Balaban J connectivity index is 1.53. The van der Waals surface area contributed by atoms with E-state index in [9.17, 15) is 22.4 Å². The molecule has 37 heavy (non-hydrogen) atoms. The third-order valence-corrected chi connectivity index (χ3v) is 7.03. The third-order valence-electron chi connectivity index (χ3n) is 7.03. The minimum atomic E-state index is -4.55. The number of halogens is 4. The fraction of sp³-hybridized carbons (Fsp3) is 0.321. The zero-order valence-electron chi connectivity index (χ0n) is 20.5. The van der Waals surface area contributed by atoms with Crippen LogP contribution in [0.25, 0.3) is 11.2 Å². The molecule has 1 aliphatic rings. The number of hydrogen-bond acceptors (Lipinski definition) is 4. The molecule has 0 saturated carbocycles. The van der Waals surface area contributed by atoms with Gasteiger partial charge in [0, 0.05) is 18.7 Å². The SMILES string of the molecule is Cc1cnc2c(cc(C3CCN(c4c(C)cccc4F)CC3)c(=O)n2Cc2ccccc2C(F)(F)F)n1. The van der Waals surface area contributed by atoms with Crippen molar-refractivity contribution in [3.8, 4) is 0 Å². The van der Waals surface area contributed by atoms with E-state index in [2.05, 4.69) is 9.97 Å². The largest absolute Gasteiger partial charge is 0.416 e. The van der Waals surface area contributed by atoms with E-state index >= 15 is 0 Å². The lowest BCUT2D eigenvalue weighted by molar-refractivity contribution is -0.138. The number of rotatable bonds is 4. The Labute approximate surface area is 211 Å². The highest BCUT2D eigenvalue weighted by Gasteiger charge is 2.33. The molecule has 0 atom stereocenters. The molecule has 1 aliphatic heterocycles. The lowest BCUT2D eigenvalue weighted by atomic mass is 9.89. The number of fused-ring (bicyclic) bond motifs is 1. The molecular formula is C28H26F4N4O. The summed E-state index contributed by atoms with van der Waals surface area (Å²) in [5.41, 5.74) is 2.11. The van der Waals surface area contributed by atoms with Crippen LogP contribution in [0.1, 0.15) is 46.7 Å². The summed E-state index contributed by atoms with van der Waals surface area (Å²) in [6, 6.07) is 12.0. The van der Waals surface area contributed by atoms with E-state index in [0.717, 1.165) is 11.6 Å². The molecule has 4 aromatic rings. The maximum atomic E-state index is 14.5. The molecule has 0 amide bonds. The van der Waals surface area contributed by atoms with E-state index in [-0.39, 0.29) is 35.0 Å². The molecule has 2 aromatic carbocycles. The van der Waals surface area contributed by atoms with Gasteiger partial charge in [0.2, 0.25) is 0 Å². The summed E-state index contributed by atoms with van der Waals surface area (Å²) >= 11 is 0. The molecule has 5 nitrogen and oxygen atoms in total. The number of benzene rings is 2. The van der Waals surface area contributed by atoms with Gasteiger partial charge in [0.05, 0.1) is 29.7 Å². The number of nitrogens with zero attached hydrogens (tertiary/aromatic N) is 4. The van der Waals surface area contributed by atoms with Crippen molar-refractivity contribution in [3.63, 3.8) is 0 Å². The van der Waals surface area contributed by atoms with E-state index in [1.165, 1.54) is 35.0 Å². The molecule has 0 N–H and O–H groups in total. The molecule has 0 bridgehead atoms. The number of hydrogen-bond donors (Lipinski definition) is 0. The van der Waals surface area contributed by atoms with Crippen molar-refractivity contribution < 1.29 is 17.6 Å². The quantitative estimate of drug-likeness (QED) is 0.316. The van der Waals surface area contributed by atoms with Crippen LogP contribution in [0, 0.1) is 19.7 Å². The van der Waals surface area contributed by atoms with Gasteiger partial charge in [0.1, 0.15) is 11.3 Å². The minimum Gasteiger partial charge on any atom is -0.369 e. The second kappa shape index (κ2) is 9.61. The average Bonchev–Trinajstić information content (AvgIpc) is 2.85. The van der Waals surface area contributed by atoms with Crippen molar-refractivity contribution in [2.75, 3.05) is 18.0 Å². The van der Waals surface area contributed by atoms with Crippen LogP contribution in [0.3, 0.4) is 0 Å². The maximum absolute atomic E-state index is 14.5. The molecule has 1 fully saturated rings. The van der Waals surface area contributed by atoms with Crippen LogP contribution in [-0.4, -0.2) is 27.6 Å². The Bertz CT molecular complexity index is 1500. The van der Waals surface area contributed by atoms with Crippen molar-refractivity contribution in [2.45, 2.75) is 45.3 Å². The van der Waals surface area contributed by atoms with Crippen molar-refractivity contribution in [3.05, 3.63) is 98.8 Å². The van der Waals surface area contributed by atoms with Gasteiger partial charge in [-0.2, -0.15) is 13.2 Å². The maximum Gasteiger partial charge on any atom is 0.416 e. The Morgan fingerprint density at radius 2 is 1.76 bits per heavy atom. The van der Waals surface area contributed by atoms with Crippen molar-refractivity contribution in [1.82, 2.24) is 14.5 Å². The number of alkyl halides is 3. The summed E-state index contributed by atoms with van der Waals surface area (Å²) < 4.78 is 56.8. The first-order valence-electron chi connectivity index (χ1n) is 12.2. The fourth-order valence-electron chi connectivity index (χ4n) is 5.24. The van der Waals surface area contributed by atoms with Gasteiger partial charge in [-0.05, 0) is 61.9 Å². The number of anilines is 1. The summed E-state index contributed by atoms with van der Waals surface area (Å²) in [7, 11) is 0. The lowest BCUT2D eigenvalue weighted by Gasteiger charge is -2.34. The van der Waals surface area contributed by atoms with Gasteiger partial charge in [-0.15, -0.1) is 0 Å². The zero-order valence-corrected chi connectivity index (χ0v) is 20.5. The first-order valence-corrected chi connectivity index (χ1v) is 12.2. The molecule has 0 radical (unpaired) electrons. The van der Waals surface area contributed by atoms with Gasteiger partial charge < -0.3 is 4.90 Å². The van der Waals surface area contributed by atoms with E-state index in [1.807, 2.05) is 17.9 Å². The van der Waals surface area contributed by atoms with Gasteiger partial charge in [-0.25, -0.2) is 14.4 Å². The Kier molecular flexibility index (Phi) is 6.47. The zero-order chi connectivity index (χ0) is 26.3. The first kappa shape index (κ1) is 24.9. The van der Waals surface area contributed by atoms with E-state index in [1.54, 1.807) is 19.1 Å². The van der Waals surface area contributed by atoms with E-state index in [0.29, 0.717) is 48.4 Å².